The molecule has 10 nitrogen and oxygen atoms in total. The van der Waals surface area contributed by atoms with Crippen molar-refractivity contribution in [3.8, 4) is 11.9 Å². The van der Waals surface area contributed by atoms with Crippen molar-refractivity contribution in [2.75, 3.05) is 24.3 Å². The molecule has 0 saturated carbocycles. The molecule has 0 aliphatic heterocycles. The summed E-state index contributed by atoms with van der Waals surface area (Å²) < 4.78 is 38.6. The first kappa shape index (κ1) is 24.6. The van der Waals surface area contributed by atoms with Crippen molar-refractivity contribution in [1.82, 2.24) is 15.3 Å². The maximum absolute atomic E-state index is 12.7. The van der Waals surface area contributed by atoms with Gasteiger partial charge in [-0.05, 0) is 77.3 Å². The third kappa shape index (κ3) is 6.72. The fraction of sp³-hybridized carbons (Fsp3) is 0.100. The minimum Gasteiger partial charge on any atom is -0.481 e. The summed E-state index contributed by atoms with van der Waals surface area (Å²) in [5.74, 6) is -0.231. The summed E-state index contributed by atoms with van der Waals surface area (Å²) in [5.41, 5.74) is 0.962. The second kappa shape index (κ2) is 10.7. The lowest BCUT2D eigenvalue weighted by molar-refractivity contribution is 0.0977. The molecule has 3 rings (SSSR count). The Morgan fingerprint density at radius 3 is 2.39 bits per heavy atom. The Labute approximate surface area is 209 Å². The normalized spacial score (nSPS) is 10.8. The van der Waals surface area contributed by atoms with Gasteiger partial charge in [-0.3, -0.25) is 14.8 Å². The second-order valence-electron chi connectivity index (χ2n) is 6.33. The molecule has 1 aromatic heterocycles. The van der Waals surface area contributed by atoms with Crippen molar-refractivity contribution in [2.24, 2.45) is 0 Å². The summed E-state index contributed by atoms with van der Waals surface area (Å²) >= 11 is 7.28. The van der Waals surface area contributed by atoms with Gasteiger partial charge in [0.1, 0.15) is 0 Å². The van der Waals surface area contributed by atoms with E-state index in [-0.39, 0.29) is 33.6 Å². The number of rotatable bonds is 7. The average Bonchev–Trinajstić information content (AvgIpc) is 2.78. The van der Waals surface area contributed by atoms with E-state index in [9.17, 15) is 13.2 Å². The first-order valence-electron chi connectivity index (χ1n) is 9.18. The maximum atomic E-state index is 12.7. The molecule has 3 N–H and O–H groups in total. The first-order valence-corrected chi connectivity index (χ1v) is 12.1. The van der Waals surface area contributed by atoms with E-state index >= 15 is 0 Å². The zero-order valence-electron chi connectivity index (χ0n) is 17.3. The molecule has 0 atom stereocenters. The quantitative estimate of drug-likeness (QED) is 0.277. The van der Waals surface area contributed by atoms with Crippen LogP contribution in [-0.2, 0) is 10.0 Å². The van der Waals surface area contributed by atoms with E-state index in [1.807, 2.05) is 6.07 Å². The monoisotopic (exact) mass is 599 g/mol. The van der Waals surface area contributed by atoms with E-state index in [1.165, 1.54) is 44.6 Å². The van der Waals surface area contributed by atoms with Crippen LogP contribution in [0.1, 0.15) is 10.4 Å². The number of nitrogens with zero attached hydrogens (tertiary/aromatic N) is 2. The minimum atomic E-state index is -3.95. The van der Waals surface area contributed by atoms with Gasteiger partial charge < -0.3 is 14.8 Å². The summed E-state index contributed by atoms with van der Waals surface area (Å²) in [4.78, 5) is 20.1. The summed E-state index contributed by atoms with van der Waals surface area (Å²) in [5, 5.41) is 5.50. The van der Waals surface area contributed by atoms with Gasteiger partial charge >= 0.3 is 6.01 Å². The van der Waals surface area contributed by atoms with Crippen LogP contribution >= 0.6 is 34.8 Å². The summed E-state index contributed by atoms with van der Waals surface area (Å²) in [6.45, 7) is 0. The molecule has 0 spiro atoms. The van der Waals surface area contributed by atoms with Crippen molar-refractivity contribution < 1.29 is 22.7 Å². The number of hydrogen-bond donors (Lipinski definition) is 3. The Morgan fingerprint density at radius 1 is 1.03 bits per heavy atom. The molecule has 3 aromatic rings. The van der Waals surface area contributed by atoms with E-state index in [0.717, 1.165) is 3.57 Å². The lowest BCUT2D eigenvalue weighted by Crippen LogP contribution is -2.34. The smallest absolute Gasteiger partial charge is 0.321 e. The fourth-order valence-electron chi connectivity index (χ4n) is 2.53. The third-order valence-electron chi connectivity index (χ3n) is 4.05. The Bertz CT molecular complexity index is 1260. The van der Waals surface area contributed by atoms with Crippen molar-refractivity contribution in [3.63, 3.8) is 0 Å². The van der Waals surface area contributed by atoms with Crippen LogP contribution in [0.2, 0.25) is 0 Å². The van der Waals surface area contributed by atoms with Crippen LogP contribution in [0.15, 0.2) is 59.5 Å². The van der Waals surface area contributed by atoms with Gasteiger partial charge in [-0.15, -0.1) is 0 Å². The molecule has 0 saturated heterocycles. The molecule has 0 fully saturated rings. The van der Waals surface area contributed by atoms with Crippen LogP contribution in [-0.4, -0.2) is 43.6 Å². The van der Waals surface area contributed by atoms with Gasteiger partial charge in [0.05, 0.1) is 19.1 Å². The van der Waals surface area contributed by atoms with Crippen LogP contribution in [0.25, 0.3) is 0 Å². The van der Waals surface area contributed by atoms with Gasteiger partial charge in [-0.1, -0.05) is 6.07 Å². The topological polar surface area (TPSA) is 132 Å². The molecule has 172 valence electrons. The number of sulfonamides is 1. The number of hydrogen-bond acceptors (Lipinski definition) is 8. The Balaban J connectivity index is 1.66. The largest absolute Gasteiger partial charge is 0.481 e. The number of ether oxygens (including phenoxy) is 2. The summed E-state index contributed by atoms with van der Waals surface area (Å²) in [6.07, 6.45) is 0. The SMILES string of the molecule is COc1cc(NS(=O)(=O)c2ccc(NC(=S)NC(=O)c3cccc(I)c3)cc2)nc(OC)n1. The Morgan fingerprint density at radius 2 is 1.76 bits per heavy atom. The number of carbonyl (C=O) groups is 1. The first-order chi connectivity index (χ1) is 15.7. The highest BCUT2D eigenvalue weighted by molar-refractivity contribution is 14.1. The van der Waals surface area contributed by atoms with Crippen LogP contribution in [0.3, 0.4) is 0 Å². The highest BCUT2D eigenvalue weighted by Gasteiger charge is 2.17. The number of halogens is 1. The number of anilines is 2. The molecule has 13 heteroatoms. The number of amides is 1. The zero-order chi connectivity index (χ0) is 24.0. The molecule has 0 unspecified atom stereocenters. The standard InChI is InChI=1S/C20H18IN5O5S2/c1-30-17-11-16(23-19(24-17)31-2)26-33(28,29)15-8-6-14(7-9-15)22-20(32)25-18(27)12-4-3-5-13(21)10-12/h3-11H,1-2H3,(H,23,24,26)(H2,22,25,27,32). The lowest BCUT2D eigenvalue weighted by atomic mass is 10.2. The van der Waals surface area contributed by atoms with Crippen LogP contribution in [0.4, 0.5) is 11.5 Å². The predicted molar refractivity (Wildman–Crippen MR) is 135 cm³/mol. The fourth-order valence-corrected chi connectivity index (χ4v) is 4.28. The van der Waals surface area contributed by atoms with Gasteiger partial charge in [-0.25, -0.2) is 8.42 Å². The van der Waals surface area contributed by atoms with Crippen molar-refractivity contribution >= 4 is 67.4 Å². The maximum Gasteiger partial charge on any atom is 0.321 e. The molecule has 1 amide bonds. The number of thiocarbonyl (C=S) groups is 1. The number of methoxy groups -OCH3 is 2. The predicted octanol–water partition coefficient (Wildman–Crippen LogP) is 3.03. The molecule has 33 heavy (non-hydrogen) atoms. The number of benzene rings is 2. The second-order valence-corrected chi connectivity index (χ2v) is 9.67. The molecule has 2 aromatic carbocycles. The van der Waals surface area contributed by atoms with Gasteiger partial charge in [0.2, 0.25) is 5.88 Å². The molecule has 0 bridgehead atoms. The summed E-state index contributed by atoms with van der Waals surface area (Å²) in [6, 6.07) is 14.1. The molecule has 0 aliphatic carbocycles. The van der Waals surface area contributed by atoms with Gasteiger partial charge in [-0.2, -0.15) is 9.97 Å². The van der Waals surface area contributed by atoms with Crippen LogP contribution < -0.4 is 24.8 Å². The lowest BCUT2D eigenvalue weighted by Gasteiger charge is -2.12. The van der Waals surface area contributed by atoms with Crippen LogP contribution in [0.5, 0.6) is 11.9 Å². The third-order valence-corrected chi connectivity index (χ3v) is 6.29. The van der Waals surface area contributed by atoms with Gasteiger partial charge in [0.15, 0.2) is 10.9 Å². The van der Waals surface area contributed by atoms with E-state index < -0.39 is 10.0 Å². The average molecular weight is 599 g/mol. The number of aromatic nitrogens is 2. The van der Waals surface area contributed by atoms with Crippen molar-refractivity contribution in [3.05, 3.63) is 63.7 Å². The van der Waals surface area contributed by atoms with Crippen molar-refractivity contribution in [2.45, 2.75) is 4.90 Å². The number of carbonyl (C=O) groups excluding carboxylic acids is 1. The molecule has 0 aliphatic rings. The zero-order valence-corrected chi connectivity index (χ0v) is 21.1. The van der Waals surface area contributed by atoms with Crippen LogP contribution in [0, 0.1) is 3.57 Å². The van der Waals surface area contributed by atoms with E-state index in [1.54, 1.807) is 18.2 Å². The summed E-state index contributed by atoms with van der Waals surface area (Å²) in [7, 11) is -1.21. The van der Waals surface area contributed by atoms with Crippen molar-refractivity contribution in [1.29, 1.82) is 0 Å². The Kier molecular flexibility index (Phi) is 7.99. The minimum absolute atomic E-state index is 0.0136. The van der Waals surface area contributed by atoms with E-state index in [0.29, 0.717) is 11.3 Å². The Hall–Kier alpha value is -3.04. The highest BCUT2D eigenvalue weighted by atomic mass is 127. The van der Waals surface area contributed by atoms with E-state index in [4.69, 9.17) is 21.7 Å². The molecule has 0 radical (unpaired) electrons. The molecular formula is C20H18IN5O5S2. The van der Waals surface area contributed by atoms with Gasteiger partial charge in [0.25, 0.3) is 15.9 Å². The molecule has 1 heterocycles. The highest BCUT2D eigenvalue weighted by Crippen LogP contribution is 2.21. The molecular weight excluding hydrogens is 581 g/mol. The number of nitrogens with one attached hydrogen (secondary N) is 3. The van der Waals surface area contributed by atoms with Gasteiger partial charge in [0, 0.05) is 20.9 Å². The van der Waals surface area contributed by atoms with E-state index in [2.05, 4.69) is 47.9 Å².